The molecule has 3 nitrogen and oxygen atoms in total. The largest absolute Gasteiger partial charge is 0.387 e. The highest BCUT2D eigenvalue weighted by Crippen LogP contribution is 2.18. The van der Waals surface area contributed by atoms with Crippen molar-refractivity contribution in [2.24, 2.45) is 0 Å². The van der Waals surface area contributed by atoms with Gasteiger partial charge in [-0.05, 0) is 24.7 Å². The highest BCUT2D eigenvalue weighted by atomic mass is 16.3. The Morgan fingerprint density at radius 1 is 1.40 bits per heavy atom. The molecule has 0 radical (unpaired) electrons. The third kappa shape index (κ3) is 2.14. The second-order valence-electron chi connectivity index (χ2n) is 3.53. The molecule has 0 aliphatic carbocycles. The van der Waals surface area contributed by atoms with Crippen LogP contribution in [0, 0.1) is 0 Å². The van der Waals surface area contributed by atoms with Crippen LogP contribution >= 0.6 is 0 Å². The highest BCUT2D eigenvalue weighted by Gasteiger charge is 2.06. The number of hydrogen-bond donors (Lipinski definition) is 2. The molecule has 1 unspecified atom stereocenters. The second kappa shape index (κ2) is 4.38. The first kappa shape index (κ1) is 10.1. The summed E-state index contributed by atoms with van der Waals surface area (Å²) in [6, 6.07) is 9.77. The maximum atomic E-state index is 9.79. The number of aromatic nitrogens is 1. The van der Waals surface area contributed by atoms with Gasteiger partial charge in [0.25, 0.3) is 0 Å². The molecule has 0 aliphatic rings. The van der Waals surface area contributed by atoms with E-state index in [0.29, 0.717) is 6.54 Å². The summed E-state index contributed by atoms with van der Waals surface area (Å²) in [6.07, 6.45) is 1.29. The Hall–Kier alpha value is -1.45. The van der Waals surface area contributed by atoms with E-state index in [1.165, 1.54) is 0 Å². The number of fused-ring (bicyclic) bond motifs is 1. The SMILES string of the molecule is CNCC(O)c1ccc2cccnc2c1. The lowest BCUT2D eigenvalue weighted by atomic mass is 10.1. The van der Waals surface area contributed by atoms with E-state index in [0.717, 1.165) is 16.5 Å². The number of hydrogen-bond acceptors (Lipinski definition) is 3. The fourth-order valence-electron chi connectivity index (χ4n) is 1.60. The van der Waals surface area contributed by atoms with Gasteiger partial charge in [-0.2, -0.15) is 0 Å². The molecule has 0 bridgehead atoms. The summed E-state index contributed by atoms with van der Waals surface area (Å²) < 4.78 is 0. The van der Waals surface area contributed by atoms with E-state index in [-0.39, 0.29) is 0 Å². The zero-order chi connectivity index (χ0) is 10.7. The first-order chi connectivity index (χ1) is 7.31. The third-order valence-corrected chi connectivity index (χ3v) is 2.41. The van der Waals surface area contributed by atoms with Crippen LogP contribution in [0.25, 0.3) is 10.9 Å². The van der Waals surface area contributed by atoms with Gasteiger partial charge >= 0.3 is 0 Å². The maximum Gasteiger partial charge on any atom is 0.0915 e. The summed E-state index contributed by atoms with van der Waals surface area (Å²) in [6.45, 7) is 0.554. The molecule has 0 fully saturated rings. The van der Waals surface area contributed by atoms with Gasteiger partial charge in [0.1, 0.15) is 0 Å². The van der Waals surface area contributed by atoms with Gasteiger partial charge in [0.05, 0.1) is 11.6 Å². The predicted octanol–water partition coefficient (Wildman–Crippen LogP) is 1.49. The van der Waals surface area contributed by atoms with Crippen molar-refractivity contribution in [3.8, 4) is 0 Å². The summed E-state index contributed by atoms with van der Waals surface area (Å²) in [5.74, 6) is 0. The number of nitrogens with zero attached hydrogens (tertiary/aromatic N) is 1. The average Bonchev–Trinajstić information content (AvgIpc) is 2.29. The van der Waals surface area contributed by atoms with E-state index in [1.54, 1.807) is 6.20 Å². The smallest absolute Gasteiger partial charge is 0.0915 e. The molecule has 0 saturated heterocycles. The molecule has 1 aromatic carbocycles. The topological polar surface area (TPSA) is 45.1 Å². The van der Waals surface area contributed by atoms with Gasteiger partial charge in [-0.1, -0.05) is 18.2 Å². The number of nitrogens with one attached hydrogen (secondary N) is 1. The van der Waals surface area contributed by atoms with Crippen molar-refractivity contribution < 1.29 is 5.11 Å². The van der Waals surface area contributed by atoms with Crippen molar-refractivity contribution in [3.05, 3.63) is 42.1 Å². The number of rotatable bonds is 3. The van der Waals surface area contributed by atoms with Crippen LogP contribution in [0.15, 0.2) is 36.5 Å². The van der Waals surface area contributed by atoms with Crippen LogP contribution in [0.1, 0.15) is 11.7 Å². The minimum Gasteiger partial charge on any atom is -0.387 e. The van der Waals surface area contributed by atoms with Gasteiger partial charge in [0.15, 0.2) is 0 Å². The third-order valence-electron chi connectivity index (χ3n) is 2.41. The van der Waals surface area contributed by atoms with E-state index in [4.69, 9.17) is 0 Å². The molecule has 0 spiro atoms. The number of pyridine rings is 1. The van der Waals surface area contributed by atoms with Crippen LogP contribution in [-0.2, 0) is 0 Å². The van der Waals surface area contributed by atoms with Crippen LogP contribution in [0.2, 0.25) is 0 Å². The minimum absolute atomic E-state index is 0.471. The summed E-state index contributed by atoms with van der Waals surface area (Å²) >= 11 is 0. The predicted molar refractivity (Wildman–Crippen MR) is 60.6 cm³/mol. The average molecular weight is 202 g/mol. The normalized spacial score (nSPS) is 12.9. The lowest BCUT2D eigenvalue weighted by Gasteiger charge is -2.10. The van der Waals surface area contributed by atoms with Gasteiger partial charge < -0.3 is 10.4 Å². The first-order valence-corrected chi connectivity index (χ1v) is 4.98. The van der Waals surface area contributed by atoms with Crippen LogP contribution < -0.4 is 5.32 Å². The highest BCUT2D eigenvalue weighted by molar-refractivity contribution is 5.78. The monoisotopic (exact) mass is 202 g/mol. The molecule has 3 heteroatoms. The molecular formula is C12H14N2O. The molecule has 78 valence electrons. The number of benzene rings is 1. The van der Waals surface area contributed by atoms with Gasteiger partial charge in [0, 0.05) is 18.1 Å². The van der Waals surface area contributed by atoms with Gasteiger partial charge in [-0.25, -0.2) is 0 Å². The Morgan fingerprint density at radius 2 is 2.27 bits per heavy atom. The summed E-state index contributed by atoms with van der Waals surface area (Å²) in [7, 11) is 1.82. The van der Waals surface area contributed by atoms with Crippen molar-refractivity contribution in [2.75, 3.05) is 13.6 Å². The van der Waals surface area contributed by atoms with Gasteiger partial charge in [0.2, 0.25) is 0 Å². The molecule has 2 N–H and O–H groups in total. The number of aliphatic hydroxyl groups is 1. The van der Waals surface area contributed by atoms with Crippen LogP contribution in [0.5, 0.6) is 0 Å². The van der Waals surface area contributed by atoms with Gasteiger partial charge in [-0.3, -0.25) is 4.98 Å². The fraction of sp³-hybridized carbons (Fsp3) is 0.250. The van der Waals surface area contributed by atoms with Crippen molar-refractivity contribution in [1.82, 2.24) is 10.3 Å². The van der Waals surface area contributed by atoms with Crippen molar-refractivity contribution >= 4 is 10.9 Å². The molecule has 2 rings (SSSR count). The van der Waals surface area contributed by atoms with E-state index in [1.807, 2.05) is 37.4 Å². The van der Waals surface area contributed by atoms with E-state index in [9.17, 15) is 5.11 Å². The maximum absolute atomic E-state index is 9.79. The van der Waals surface area contributed by atoms with Crippen molar-refractivity contribution in [1.29, 1.82) is 0 Å². The Labute approximate surface area is 88.8 Å². The number of likely N-dealkylation sites (N-methyl/N-ethyl adjacent to an activating group) is 1. The molecular weight excluding hydrogens is 188 g/mol. The van der Waals surface area contributed by atoms with Crippen LogP contribution in [0.4, 0.5) is 0 Å². The summed E-state index contributed by atoms with van der Waals surface area (Å²) in [4.78, 5) is 4.25. The molecule has 1 atom stereocenters. The fourth-order valence-corrected chi connectivity index (χ4v) is 1.60. The number of aliphatic hydroxyl groups excluding tert-OH is 1. The molecule has 1 heterocycles. The van der Waals surface area contributed by atoms with Crippen LogP contribution in [0.3, 0.4) is 0 Å². The quantitative estimate of drug-likeness (QED) is 0.792. The summed E-state index contributed by atoms with van der Waals surface area (Å²) in [5, 5.41) is 13.8. The molecule has 0 saturated carbocycles. The van der Waals surface area contributed by atoms with E-state index in [2.05, 4.69) is 10.3 Å². The van der Waals surface area contributed by atoms with Crippen molar-refractivity contribution in [3.63, 3.8) is 0 Å². The molecule has 0 amide bonds. The Balaban J connectivity index is 2.38. The minimum atomic E-state index is -0.471. The van der Waals surface area contributed by atoms with E-state index < -0.39 is 6.10 Å². The van der Waals surface area contributed by atoms with E-state index >= 15 is 0 Å². The molecule has 1 aromatic heterocycles. The van der Waals surface area contributed by atoms with Gasteiger partial charge in [-0.15, -0.1) is 0 Å². The summed E-state index contributed by atoms with van der Waals surface area (Å²) in [5.41, 5.74) is 1.82. The molecule has 2 aromatic rings. The lowest BCUT2D eigenvalue weighted by molar-refractivity contribution is 0.178. The molecule has 0 aliphatic heterocycles. The second-order valence-corrected chi connectivity index (χ2v) is 3.53. The van der Waals surface area contributed by atoms with Crippen LogP contribution in [-0.4, -0.2) is 23.7 Å². The Kier molecular flexibility index (Phi) is 2.94. The Bertz CT molecular complexity index is 456. The first-order valence-electron chi connectivity index (χ1n) is 4.98. The van der Waals surface area contributed by atoms with Crippen molar-refractivity contribution in [2.45, 2.75) is 6.10 Å². The Morgan fingerprint density at radius 3 is 3.07 bits per heavy atom. The lowest BCUT2D eigenvalue weighted by Crippen LogP contribution is -2.16. The zero-order valence-electron chi connectivity index (χ0n) is 8.64. The zero-order valence-corrected chi connectivity index (χ0v) is 8.64. The molecule has 15 heavy (non-hydrogen) atoms. The standard InChI is InChI=1S/C12H14N2O/c1-13-8-12(15)10-5-4-9-3-2-6-14-11(9)7-10/h2-7,12-13,15H,8H2,1H3.